The van der Waals surface area contributed by atoms with Crippen molar-refractivity contribution in [3.05, 3.63) is 47.5 Å². The highest BCUT2D eigenvalue weighted by Gasteiger charge is 2.66. The van der Waals surface area contributed by atoms with Gasteiger partial charge in [0.1, 0.15) is 23.2 Å². The molecule has 2 aromatic heterocycles. The zero-order chi connectivity index (χ0) is 26.3. The highest BCUT2D eigenvalue weighted by molar-refractivity contribution is 5.97. The zero-order valence-corrected chi connectivity index (χ0v) is 18.5. The molecule has 1 aliphatic rings. The van der Waals surface area contributed by atoms with E-state index >= 15 is 0 Å². The average Bonchev–Trinajstić information content (AvgIpc) is 3.04. The van der Waals surface area contributed by atoms with E-state index in [1.54, 1.807) is 0 Å². The third-order valence-electron chi connectivity index (χ3n) is 5.97. The largest absolute Gasteiger partial charge is 0.496 e. The Morgan fingerprint density at radius 1 is 1.17 bits per heavy atom. The summed E-state index contributed by atoms with van der Waals surface area (Å²) in [4.78, 5) is 31.4. The number of aromatic nitrogens is 2. The molecule has 4 atom stereocenters. The lowest BCUT2D eigenvalue weighted by Gasteiger charge is -2.31. The third-order valence-corrected chi connectivity index (χ3v) is 5.97. The number of carbonyl (C=O) groups is 2. The van der Waals surface area contributed by atoms with E-state index in [4.69, 9.17) is 15.2 Å². The summed E-state index contributed by atoms with van der Waals surface area (Å²) in [6.45, 7) is 1.92. The van der Waals surface area contributed by atoms with E-state index in [1.165, 1.54) is 13.0 Å². The van der Waals surface area contributed by atoms with E-state index in [2.05, 4.69) is 15.3 Å². The molecule has 1 aliphatic heterocycles. The second-order valence-electron chi connectivity index (χ2n) is 8.05. The Bertz CT molecular complexity index is 1140. The quantitative estimate of drug-likeness (QED) is 0.598. The number of pyridine rings is 2. The molecule has 1 saturated heterocycles. The van der Waals surface area contributed by atoms with Crippen LogP contribution in [0.25, 0.3) is 0 Å². The Labute approximate surface area is 194 Å². The van der Waals surface area contributed by atoms with Crippen LogP contribution in [0.15, 0.2) is 30.6 Å². The van der Waals surface area contributed by atoms with Crippen LogP contribution in [0.4, 0.5) is 32.0 Å². The number of hydrogen-bond donors (Lipinski definition) is 2. The van der Waals surface area contributed by atoms with Crippen LogP contribution in [0, 0.1) is 5.92 Å². The molecule has 0 aliphatic carbocycles. The minimum absolute atomic E-state index is 0.00748. The van der Waals surface area contributed by atoms with Gasteiger partial charge in [-0.15, -0.1) is 0 Å². The Balaban J connectivity index is 2.07. The van der Waals surface area contributed by atoms with Gasteiger partial charge in [0.2, 0.25) is 0 Å². The maximum absolute atomic E-state index is 14.0. The number of rotatable bonds is 5. The van der Waals surface area contributed by atoms with Crippen molar-refractivity contribution in [3.8, 4) is 5.75 Å². The van der Waals surface area contributed by atoms with E-state index in [0.717, 1.165) is 32.5 Å². The van der Waals surface area contributed by atoms with Crippen molar-refractivity contribution in [2.24, 2.45) is 11.7 Å². The molecule has 190 valence electrons. The topological polar surface area (TPSA) is 116 Å². The number of primary amides is 1. The Morgan fingerprint density at radius 3 is 2.37 bits per heavy atom. The minimum atomic E-state index is -4.93. The standard InChI is InChI=1S/C21H20F6N4O4/c1-9-15(11-8-30-14(20(22,23)24)7-13(11)34-3)16(35-19(9,2)21(25,26)27)18(33)31-10-4-5-29-12(6-10)17(28)32/h4-9,15-16H,1-3H3,(H2,28,32)(H,29,31,33)/t9-,15+,16-,19+/m0/s1. The summed E-state index contributed by atoms with van der Waals surface area (Å²) in [6.07, 6.45) is -9.70. The second kappa shape index (κ2) is 8.98. The molecule has 0 radical (unpaired) electrons. The van der Waals surface area contributed by atoms with Crippen LogP contribution in [0.5, 0.6) is 5.75 Å². The normalized spacial score (nSPS) is 24.8. The van der Waals surface area contributed by atoms with Crippen LogP contribution >= 0.6 is 0 Å². The Kier molecular flexibility index (Phi) is 6.72. The molecule has 3 N–H and O–H groups in total. The number of carbonyl (C=O) groups excluding carboxylic acids is 2. The van der Waals surface area contributed by atoms with Crippen molar-refractivity contribution in [1.29, 1.82) is 0 Å². The van der Waals surface area contributed by atoms with Crippen LogP contribution in [-0.2, 0) is 15.7 Å². The van der Waals surface area contributed by atoms with Crippen molar-refractivity contribution >= 4 is 17.5 Å². The molecule has 35 heavy (non-hydrogen) atoms. The summed E-state index contributed by atoms with van der Waals surface area (Å²) in [5, 5.41) is 2.34. The van der Waals surface area contributed by atoms with Crippen LogP contribution in [-0.4, -0.2) is 46.8 Å². The van der Waals surface area contributed by atoms with Crippen LogP contribution in [0.1, 0.15) is 41.5 Å². The van der Waals surface area contributed by atoms with Gasteiger partial charge >= 0.3 is 12.4 Å². The van der Waals surface area contributed by atoms with E-state index in [1.807, 2.05) is 0 Å². The van der Waals surface area contributed by atoms with Gasteiger partial charge in [-0.1, -0.05) is 6.92 Å². The summed E-state index contributed by atoms with van der Waals surface area (Å²) in [5.74, 6) is -5.20. The summed E-state index contributed by atoms with van der Waals surface area (Å²) in [5.41, 5.74) is 0.602. The summed E-state index contributed by atoms with van der Waals surface area (Å²) in [7, 11) is 1.04. The number of hydrogen-bond acceptors (Lipinski definition) is 6. The number of halogens is 6. The van der Waals surface area contributed by atoms with Gasteiger partial charge in [-0.2, -0.15) is 26.3 Å². The fraction of sp³-hybridized carbons (Fsp3) is 0.429. The van der Waals surface area contributed by atoms with Gasteiger partial charge in [-0.25, -0.2) is 0 Å². The molecule has 0 bridgehead atoms. The molecule has 2 amide bonds. The van der Waals surface area contributed by atoms with Crippen LogP contribution in [0.3, 0.4) is 0 Å². The van der Waals surface area contributed by atoms with Gasteiger partial charge in [0.25, 0.3) is 11.8 Å². The van der Waals surface area contributed by atoms with E-state index in [0.29, 0.717) is 6.07 Å². The molecule has 0 aromatic carbocycles. The van der Waals surface area contributed by atoms with Gasteiger partial charge in [-0.05, 0) is 19.1 Å². The number of alkyl halides is 6. The van der Waals surface area contributed by atoms with Gasteiger partial charge in [-0.3, -0.25) is 19.6 Å². The van der Waals surface area contributed by atoms with Crippen molar-refractivity contribution in [2.75, 3.05) is 12.4 Å². The molecule has 0 saturated carbocycles. The molecule has 2 aromatic rings. The molecular weight excluding hydrogens is 486 g/mol. The first kappa shape index (κ1) is 26.2. The first-order valence-electron chi connectivity index (χ1n) is 10.0. The Hall–Kier alpha value is -3.42. The average molecular weight is 506 g/mol. The number of anilines is 1. The molecular formula is C21H20F6N4O4. The number of nitrogens with one attached hydrogen (secondary N) is 1. The first-order valence-corrected chi connectivity index (χ1v) is 10.0. The number of methoxy groups -OCH3 is 1. The second-order valence-corrected chi connectivity index (χ2v) is 8.05. The number of ether oxygens (including phenoxy) is 2. The first-order chi connectivity index (χ1) is 16.1. The highest BCUT2D eigenvalue weighted by Crippen LogP contribution is 2.54. The van der Waals surface area contributed by atoms with Gasteiger partial charge in [0, 0.05) is 41.5 Å². The third kappa shape index (κ3) is 4.88. The Morgan fingerprint density at radius 2 is 1.83 bits per heavy atom. The smallest absolute Gasteiger partial charge is 0.433 e. The maximum Gasteiger partial charge on any atom is 0.433 e. The SMILES string of the molecule is COc1cc(C(F)(F)F)ncc1[C@@H]1[C@@H](C(=O)Nc2ccnc(C(N)=O)c2)O[C@@](C)(C(F)(F)F)[C@H]1C. The fourth-order valence-electron chi connectivity index (χ4n) is 3.91. The summed E-state index contributed by atoms with van der Waals surface area (Å²) < 4.78 is 91.5. The lowest BCUT2D eigenvalue weighted by Crippen LogP contribution is -2.47. The van der Waals surface area contributed by atoms with E-state index in [-0.39, 0.29) is 16.9 Å². The van der Waals surface area contributed by atoms with Gasteiger partial charge in [0.15, 0.2) is 5.60 Å². The molecule has 3 rings (SSSR count). The van der Waals surface area contributed by atoms with Crippen molar-refractivity contribution in [1.82, 2.24) is 9.97 Å². The zero-order valence-electron chi connectivity index (χ0n) is 18.5. The lowest BCUT2D eigenvalue weighted by molar-refractivity contribution is -0.272. The maximum atomic E-state index is 14.0. The number of nitrogens with two attached hydrogens (primary N) is 1. The number of amides is 2. The van der Waals surface area contributed by atoms with Crippen LogP contribution < -0.4 is 15.8 Å². The van der Waals surface area contributed by atoms with Gasteiger partial charge < -0.3 is 20.5 Å². The molecule has 0 unspecified atom stereocenters. The number of nitrogens with zero attached hydrogens (tertiary/aromatic N) is 2. The predicted molar refractivity (Wildman–Crippen MR) is 108 cm³/mol. The molecule has 0 spiro atoms. The van der Waals surface area contributed by atoms with Crippen molar-refractivity contribution < 1.29 is 45.4 Å². The monoisotopic (exact) mass is 506 g/mol. The summed E-state index contributed by atoms with van der Waals surface area (Å²) in [6, 6.07) is 2.92. The van der Waals surface area contributed by atoms with Crippen molar-refractivity contribution in [2.45, 2.75) is 43.8 Å². The minimum Gasteiger partial charge on any atom is -0.496 e. The molecule has 14 heteroatoms. The molecule has 8 nitrogen and oxygen atoms in total. The van der Waals surface area contributed by atoms with Crippen molar-refractivity contribution in [3.63, 3.8) is 0 Å². The van der Waals surface area contributed by atoms with E-state index in [9.17, 15) is 35.9 Å². The summed E-state index contributed by atoms with van der Waals surface area (Å²) >= 11 is 0. The lowest BCUT2D eigenvalue weighted by atomic mass is 9.77. The van der Waals surface area contributed by atoms with Gasteiger partial charge in [0.05, 0.1) is 7.11 Å². The van der Waals surface area contributed by atoms with Crippen LogP contribution in [0.2, 0.25) is 0 Å². The molecule has 1 fully saturated rings. The molecule has 3 heterocycles. The van der Waals surface area contributed by atoms with E-state index < -0.39 is 59.2 Å². The fourth-order valence-corrected chi connectivity index (χ4v) is 3.91. The highest BCUT2D eigenvalue weighted by atomic mass is 19.4. The predicted octanol–water partition coefficient (Wildman–Crippen LogP) is 3.68.